The maximum Gasteiger partial charge on any atom is 0.101 e. The fraction of sp³-hybridized carbons (Fsp3) is 0. The number of nitrogens with zero attached hydrogens (tertiary/aromatic N) is 4. The first-order valence-corrected chi connectivity index (χ1v) is 5.38. The number of imidazole rings is 2. The molecule has 0 atom stereocenters. The average molecular weight is 220 g/mol. The molecule has 0 N–H and O–H groups in total. The first-order chi connectivity index (χ1) is 8.43. The Balaban J connectivity index is 2.48. The number of hydrogen-bond acceptors (Lipinski definition) is 3. The highest BCUT2D eigenvalue weighted by Crippen LogP contribution is 2.13. The maximum absolute atomic E-state index is 4.46. The summed E-state index contributed by atoms with van der Waals surface area (Å²) >= 11 is 0. The summed E-state index contributed by atoms with van der Waals surface area (Å²) < 4.78 is 1.94. The van der Waals surface area contributed by atoms with Gasteiger partial charge in [0.05, 0.1) is 11.1 Å². The van der Waals surface area contributed by atoms with Gasteiger partial charge in [-0.25, -0.2) is 9.97 Å². The smallest absolute Gasteiger partial charge is 0.101 e. The molecule has 2 aromatic heterocycles. The fourth-order valence-electron chi connectivity index (χ4n) is 2.18. The highest BCUT2D eigenvalue weighted by atomic mass is 15.0. The van der Waals surface area contributed by atoms with E-state index in [9.17, 15) is 0 Å². The van der Waals surface area contributed by atoms with Crippen LogP contribution in [0.1, 0.15) is 5.69 Å². The Bertz CT molecular complexity index is 889. The third kappa shape index (κ3) is 1.09. The predicted octanol–water partition coefficient (Wildman–Crippen LogP) is 1.34. The molecule has 0 unspecified atom stereocenters. The third-order valence-electron chi connectivity index (χ3n) is 2.96. The number of benzene rings is 1. The molecule has 0 aliphatic carbocycles. The normalized spacial score (nSPS) is 12.9. The lowest BCUT2D eigenvalue weighted by molar-refractivity contribution is 1.12. The van der Waals surface area contributed by atoms with Gasteiger partial charge >= 0.3 is 0 Å². The number of para-hydroxylation sites is 1. The van der Waals surface area contributed by atoms with Gasteiger partial charge in [0.2, 0.25) is 0 Å². The average Bonchev–Trinajstić information content (AvgIpc) is 2.88. The zero-order valence-electron chi connectivity index (χ0n) is 8.91. The summed E-state index contributed by atoms with van der Waals surface area (Å²) in [4.78, 5) is 13.2. The highest BCUT2D eigenvalue weighted by molar-refractivity contribution is 5.66. The van der Waals surface area contributed by atoms with Crippen LogP contribution in [0.5, 0.6) is 0 Å². The van der Waals surface area contributed by atoms with Crippen LogP contribution in [-0.4, -0.2) is 14.4 Å². The summed E-state index contributed by atoms with van der Waals surface area (Å²) in [7, 11) is 0. The van der Waals surface area contributed by atoms with E-state index in [2.05, 4.69) is 15.0 Å². The van der Waals surface area contributed by atoms with Gasteiger partial charge in [0.1, 0.15) is 23.5 Å². The standard InChI is InChI=1S/C13H8N4/c1-2-4-10-9(3-1)12-13-11(5-6-14-10)15-7-17(13)8-16-12/h1-8H. The van der Waals surface area contributed by atoms with E-state index >= 15 is 0 Å². The molecule has 0 fully saturated rings. The van der Waals surface area contributed by atoms with Crippen LogP contribution >= 0.6 is 0 Å². The van der Waals surface area contributed by atoms with Gasteiger partial charge in [0.15, 0.2) is 0 Å². The number of hydrogen-bond donors (Lipinski definition) is 0. The molecule has 0 saturated carbocycles. The molecule has 4 nitrogen and oxygen atoms in total. The molecule has 0 bridgehead atoms. The van der Waals surface area contributed by atoms with E-state index < -0.39 is 0 Å². The van der Waals surface area contributed by atoms with E-state index in [-0.39, 0.29) is 0 Å². The summed E-state index contributed by atoms with van der Waals surface area (Å²) in [5, 5.41) is 2.94. The minimum atomic E-state index is 0.913. The van der Waals surface area contributed by atoms with Gasteiger partial charge in [-0.2, -0.15) is 0 Å². The van der Waals surface area contributed by atoms with Crippen LogP contribution in [0.15, 0.2) is 48.1 Å². The van der Waals surface area contributed by atoms with Crippen molar-refractivity contribution in [1.82, 2.24) is 14.4 Å². The minimum Gasteiger partial charge on any atom is -0.287 e. The summed E-state index contributed by atoms with van der Waals surface area (Å²) in [5.74, 6) is 0. The molecule has 17 heavy (non-hydrogen) atoms. The second-order valence-electron chi connectivity index (χ2n) is 3.94. The first kappa shape index (κ1) is 8.64. The Labute approximate surface area is 96.3 Å². The Hall–Kier alpha value is -2.49. The van der Waals surface area contributed by atoms with Gasteiger partial charge in [-0.05, 0) is 12.1 Å². The van der Waals surface area contributed by atoms with Crippen LogP contribution in [-0.2, 0) is 0 Å². The molecule has 1 aliphatic heterocycles. The Morgan fingerprint density at radius 2 is 1.88 bits per heavy atom. The molecule has 4 heteroatoms. The lowest BCUT2D eigenvalue weighted by Crippen LogP contribution is -2.03. The highest BCUT2D eigenvalue weighted by Gasteiger charge is 2.07. The van der Waals surface area contributed by atoms with Crippen molar-refractivity contribution in [1.29, 1.82) is 0 Å². The summed E-state index contributed by atoms with van der Waals surface area (Å²) in [6, 6.07) is 8.01. The molecule has 3 heterocycles. The van der Waals surface area contributed by atoms with E-state index in [0.29, 0.717) is 0 Å². The first-order valence-electron chi connectivity index (χ1n) is 5.38. The Morgan fingerprint density at radius 1 is 1.00 bits per heavy atom. The molecule has 1 aromatic carbocycles. The molecular formula is C13H8N4. The molecule has 0 saturated heterocycles. The Morgan fingerprint density at radius 3 is 2.88 bits per heavy atom. The van der Waals surface area contributed by atoms with Crippen molar-refractivity contribution in [3.8, 4) is 0 Å². The second kappa shape index (κ2) is 3.01. The van der Waals surface area contributed by atoms with E-state index in [4.69, 9.17) is 0 Å². The minimum absolute atomic E-state index is 0.913. The van der Waals surface area contributed by atoms with Crippen molar-refractivity contribution in [3.05, 3.63) is 64.7 Å². The molecule has 0 radical (unpaired) electrons. The summed E-state index contributed by atoms with van der Waals surface area (Å²) in [6.45, 7) is 0. The van der Waals surface area contributed by atoms with E-state index in [1.807, 2.05) is 34.7 Å². The van der Waals surface area contributed by atoms with Gasteiger partial charge in [0.25, 0.3) is 0 Å². The van der Waals surface area contributed by atoms with Crippen LogP contribution in [0.3, 0.4) is 0 Å². The van der Waals surface area contributed by atoms with Crippen LogP contribution < -0.4 is 5.36 Å². The second-order valence-corrected chi connectivity index (χ2v) is 3.94. The lowest BCUT2D eigenvalue weighted by atomic mass is 10.2. The van der Waals surface area contributed by atoms with Crippen molar-refractivity contribution in [2.75, 3.05) is 0 Å². The molecule has 80 valence electrons. The largest absolute Gasteiger partial charge is 0.287 e. The van der Waals surface area contributed by atoms with Crippen LogP contribution in [0, 0.1) is 10.6 Å². The Kier molecular flexibility index (Phi) is 1.53. The third-order valence-corrected chi connectivity index (χ3v) is 2.96. The molecular weight excluding hydrogens is 212 g/mol. The quantitative estimate of drug-likeness (QED) is 0.573. The summed E-state index contributed by atoms with van der Waals surface area (Å²) in [6.07, 6.45) is 7.27. The fourth-order valence-corrected chi connectivity index (χ4v) is 2.18. The van der Waals surface area contributed by atoms with Gasteiger partial charge in [-0.1, -0.05) is 18.2 Å². The van der Waals surface area contributed by atoms with Crippen LogP contribution in [0.25, 0.3) is 11.6 Å². The summed E-state index contributed by atoms with van der Waals surface area (Å²) in [5.41, 5.74) is 1.96. The maximum atomic E-state index is 4.46. The molecule has 1 aliphatic rings. The van der Waals surface area contributed by atoms with Crippen molar-refractivity contribution in [2.45, 2.75) is 0 Å². The zero-order valence-corrected chi connectivity index (χ0v) is 8.91. The lowest BCUT2D eigenvalue weighted by Gasteiger charge is -1.92. The van der Waals surface area contributed by atoms with Crippen LogP contribution in [0.2, 0.25) is 0 Å². The van der Waals surface area contributed by atoms with Gasteiger partial charge in [-0.15, -0.1) is 0 Å². The van der Waals surface area contributed by atoms with E-state index in [1.54, 1.807) is 18.9 Å². The molecule has 4 rings (SSSR count). The molecule has 0 amide bonds. The SMILES string of the molecule is C1=Cc2ncn3cnc(c23)=c2ccccc2=N1. The van der Waals surface area contributed by atoms with Crippen molar-refractivity contribution in [3.63, 3.8) is 0 Å². The molecule has 3 aromatic rings. The number of aromatic nitrogens is 3. The van der Waals surface area contributed by atoms with Gasteiger partial charge < -0.3 is 0 Å². The van der Waals surface area contributed by atoms with Gasteiger partial charge in [0, 0.05) is 11.4 Å². The van der Waals surface area contributed by atoms with Crippen LogP contribution in [0.4, 0.5) is 0 Å². The van der Waals surface area contributed by atoms with Crippen molar-refractivity contribution in [2.24, 2.45) is 4.99 Å². The number of rotatable bonds is 0. The van der Waals surface area contributed by atoms with Gasteiger partial charge in [-0.3, -0.25) is 9.39 Å². The predicted molar refractivity (Wildman–Crippen MR) is 62.9 cm³/mol. The van der Waals surface area contributed by atoms with Crippen molar-refractivity contribution < 1.29 is 0 Å². The zero-order chi connectivity index (χ0) is 11.2. The van der Waals surface area contributed by atoms with E-state index in [1.165, 1.54) is 0 Å². The topological polar surface area (TPSA) is 42.5 Å². The number of fused-ring (bicyclic) bond motifs is 1. The monoisotopic (exact) mass is 220 g/mol. The van der Waals surface area contributed by atoms with Crippen molar-refractivity contribution >= 4 is 11.6 Å². The van der Waals surface area contributed by atoms with E-state index in [0.717, 1.165) is 27.1 Å². The molecule has 0 spiro atoms.